The molecule has 0 saturated heterocycles. The van der Waals surface area contributed by atoms with Crippen LogP contribution in [0.2, 0.25) is 5.28 Å². The summed E-state index contributed by atoms with van der Waals surface area (Å²) in [6.07, 6.45) is 0. The molecule has 0 spiro atoms. The van der Waals surface area contributed by atoms with Crippen molar-refractivity contribution in [2.75, 3.05) is 17.7 Å². The normalized spacial score (nSPS) is 12.2. The Hall–Kier alpha value is -2.38. The predicted molar refractivity (Wildman–Crippen MR) is 106 cm³/mol. The quantitative estimate of drug-likeness (QED) is 0.505. The lowest BCUT2D eigenvalue weighted by molar-refractivity contribution is 0.284. The summed E-state index contributed by atoms with van der Waals surface area (Å²) in [6, 6.07) is 9.65. The standard InChI is InChI=1S/C16H15ClN4O6S2/c1-10-18-15(17)21-16(19-10)20-14-4-2-3-11-9-12(5-6-13(11)14)28(22,23)8-7-27-29(24,25)26/h2-6,9H,7-8H2,1H3,(H,24,25,26)(H,18,19,20,21). The van der Waals surface area contributed by atoms with Crippen LogP contribution in [0, 0.1) is 6.92 Å². The van der Waals surface area contributed by atoms with E-state index < -0.39 is 32.6 Å². The number of sulfone groups is 1. The largest absolute Gasteiger partial charge is 0.397 e. The number of aromatic nitrogens is 3. The second kappa shape index (κ2) is 8.16. The van der Waals surface area contributed by atoms with Crippen molar-refractivity contribution in [2.45, 2.75) is 11.8 Å². The van der Waals surface area contributed by atoms with Gasteiger partial charge in [-0.3, -0.25) is 4.55 Å². The molecule has 0 aliphatic heterocycles. The number of aryl methyl sites for hydroxylation is 1. The fourth-order valence-electron chi connectivity index (χ4n) is 2.56. The van der Waals surface area contributed by atoms with E-state index in [1.165, 1.54) is 12.1 Å². The van der Waals surface area contributed by atoms with Crippen molar-refractivity contribution in [3.05, 3.63) is 47.5 Å². The second-order valence-electron chi connectivity index (χ2n) is 5.86. The lowest BCUT2D eigenvalue weighted by Gasteiger charge is -2.11. The maximum atomic E-state index is 12.4. The van der Waals surface area contributed by atoms with Crippen molar-refractivity contribution >= 4 is 54.2 Å². The van der Waals surface area contributed by atoms with Gasteiger partial charge in [-0.05, 0) is 42.1 Å². The van der Waals surface area contributed by atoms with E-state index in [4.69, 9.17) is 16.2 Å². The highest BCUT2D eigenvalue weighted by Gasteiger charge is 2.17. The summed E-state index contributed by atoms with van der Waals surface area (Å²) in [6.45, 7) is 0.977. The average molecular weight is 459 g/mol. The molecule has 2 N–H and O–H groups in total. The van der Waals surface area contributed by atoms with Crippen molar-refractivity contribution in [1.82, 2.24) is 15.0 Å². The molecule has 29 heavy (non-hydrogen) atoms. The van der Waals surface area contributed by atoms with Crippen LogP contribution >= 0.6 is 11.6 Å². The molecule has 0 fully saturated rings. The number of hydrogen-bond donors (Lipinski definition) is 2. The van der Waals surface area contributed by atoms with Gasteiger partial charge in [0.15, 0.2) is 9.84 Å². The molecule has 0 atom stereocenters. The van der Waals surface area contributed by atoms with Gasteiger partial charge in [0.25, 0.3) is 0 Å². The third-order valence-electron chi connectivity index (χ3n) is 3.76. The zero-order valence-electron chi connectivity index (χ0n) is 14.9. The minimum Gasteiger partial charge on any atom is -0.323 e. The summed E-state index contributed by atoms with van der Waals surface area (Å²) in [5.41, 5.74) is 0.628. The SMILES string of the molecule is Cc1nc(Cl)nc(Nc2cccc3cc(S(=O)(=O)CCOS(=O)(=O)O)ccc23)n1. The Morgan fingerprint density at radius 3 is 2.55 bits per heavy atom. The first kappa shape index (κ1) is 21.3. The average Bonchev–Trinajstić information content (AvgIpc) is 2.59. The van der Waals surface area contributed by atoms with E-state index in [1.54, 1.807) is 31.2 Å². The molecule has 154 valence electrons. The summed E-state index contributed by atoms with van der Waals surface area (Å²) in [7, 11) is -8.53. The Labute approximate surface area is 171 Å². The van der Waals surface area contributed by atoms with E-state index in [1.807, 2.05) is 0 Å². The number of benzene rings is 2. The molecule has 1 aromatic heterocycles. The topological polar surface area (TPSA) is 148 Å². The van der Waals surface area contributed by atoms with Gasteiger partial charge in [-0.2, -0.15) is 18.4 Å². The summed E-state index contributed by atoms with van der Waals surface area (Å²) >= 11 is 5.84. The van der Waals surface area contributed by atoms with Crippen molar-refractivity contribution in [3.63, 3.8) is 0 Å². The first-order valence-corrected chi connectivity index (χ1v) is 11.5. The molecule has 2 aromatic carbocycles. The molecule has 0 aliphatic carbocycles. The number of halogens is 1. The predicted octanol–water partition coefficient (Wildman–Crippen LogP) is 2.32. The maximum Gasteiger partial charge on any atom is 0.397 e. The van der Waals surface area contributed by atoms with E-state index in [0.29, 0.717) is 22.3 Å². The lowest BCUT2D eigenvalue weighted by Crippen LogP contribution is -2.15. The molecular formula is C16H15ClN4O6S2. The second-order valence-corrected chi connectivity index (χ2v) is 9.40. The summed E-state index contributed by atoms with van der Waals surface area (Å²) in [5, 5.41) is 4.39. The van der Waals surface area contributed by atoms with Crippen LogP contribution in [0.4, 0.5) is 11.6 Å². The highest BCUT2D eigenvalue weighted by atomic mass is 35.5. The Balaban J connectivity index is 1.89. The van der Waals surface area contributed by atoms with E-state index in [2.05, 4.69) is 24.5 Å². The molecule has 0 radical (unpaired) electrons. The molecule has 3 aromatic rings. The maximum absolute atomic E-state index is 12.4. The number of fused-ring (bicyclic) bond motifs is 1. The first-order chi connectivity index (χ1) is 13.5. The number of nitrogens with zero attached hydrogens (tertiary/aromatic N) is 3. The van der Waals surface area contributed by atoms with E-state index in [9.17, 15) is 16.8 Å². The molecule has 10 nitrogen and oxygen atoms in total. The van der Waals surface area contributed by atoms with Gasteiger partial charge in [-0.25, -0.2) is 17.6 Å². The van der Waals surface area contributed by atoms with Crippen molar-refractivity contribution in [2.24, 2.45) is 0 Å². The van der Waals surface area contributed by atoms with Gasteiger partial charge >= 0.3 is 10.4 Å². The van der Waals surface area contributed by atoms with E-state index in [-0.39, 0.29) is 16.1 Å². The molecule has 13 heteroatoms. The molecule has 0 bridgehead atoms. The highest BCUT2D eigenvalue weighted by molar-refractivity contribution is 7.91. The third-order valence-corrected chi connectivity index (χ3v) is 6.07. The molecule has 0 aliphatic rings. The smallest absolute Gasteiger partial charge is 0.323 e. The first-order valence-electron chi connectivity index (χ1n) is 8.06. The van der Waals surface area contributed by atoms with E-state index >= 15 is 0 Å². The molecule has 0 saturated carbocycles. The molecular weight excluding hydrogens is 444 g/mol. The van der Waals surface area contributed by atoms with Crippen LogP contribution in [0.1, 0.15) is 5.82 Å². The van der Waals surface area contributed by atoms with Gasteiger partial charge in [0.05, 0.1) is 17.3 Å². The van der Waals surface area contributed by atoms with E-state index in [0.717, 1.165) is 0 Å². The van der Waals surface area contributed by atoms with Crippen LogP contribution in [-0.2, 0) is 24.4 Å². The molecule has 0 unspecified atom stereocenters. The summed E-state index contributed by atoms with van der Waals surface area (Å²) in [5.74, 6) is 0.0704. The van der Waals surface area contributed by atoms with Crippen LogP contribution in [0.25, 0.3) is 10.8 Å². The van der Waals surface area contributed by atoms with Crippen LogP contribution in [0.15, 0.2) is 41.3 Å². The Morgan fingerprint density at radius 1 is 1.10 bits per heavy atom. The number of nitrogens with one attached hydrogen (secondary N) is 1. The van der Waals surface area contributed by atoms with Crippen molar-refractivity contribution in [1.29, 1.82) is 0 Å². The van der Waals surface area contributed by atoms with Crippen LogP contribution < -0.4 is 5.32 Å². The highest BCUT2D eigenvalue weighted by Crippen LogP contribution is 2.28. The fraction of sp³-hybridized carbons (Fsp3) is 0.188. The summed E-state index contributed by atoms with van der Waals surface area (Å²) in [4.78, 5) is 12.0. The number of rotatable bonds is 7. The van der Waals surface area contributed by atoms with Gasteiger partial charge in [0.2, 0.25) is 11.2 Å². The Bertz CT molecular complexity index is 1260. The molecule has 3 rings (SSSR count). The lowest BCUT2D eigenvalue weighted by atomic mass is 10.1. The summed E-state index contributed by atoms with van der Waals surface area (Å²) < 4.78 is 58.6. The van der Waals surface area contributed by atoms with Gasteiger partial charge in [0, 0.05) is 11.1 Å². The fourth-order valence-corrected chi connectivity index (χ4v) is 4.28. The van der Waals surface area contributed by atoms with Gasteiger partial charge < -0.3 is 5.32 Å². The molecule has 1 heterocycles. The number of hydrogen-bond acceptors (Lipinski definition) is 9. The van der Waals surface area contributed by atoms with Gasteiger partial charge in [-0.15, -0.1) is 0 Å². The van der Waals surface area contributed by atoms with Gasteiger partial charge in [-0.1, -0.05) is 18.2 Å². The molecule has 0 amide bonds. The van der Waals surface area contributed by atoms with Crippen molar-refractivity contribution in [3.8, 4) is 0 Å². The zero-order valence-corrected chi connectivity index (χ0v) is 17.3. The number of anilines is 2. The third kappa shape index (κ3) is 5.58. The monoisotopic (exact) mass is 458 g/mol. The van der Waals surface area contributed by atoms with Crippen molar-refractivity contribution < 1.29 is 25.6 Å². The Kier molecular flexibility index (Phi) is 6.00. The van der Waals surface area contributed by atoms with Crippen LogP contribution in [0.3, 0.4) is 0 Å². The van der Waals surface area contributed by atoms with Crippen LogP contribution in [0.5, 0.6) is 0 Å². The minimum absolute atomic E-state index is 0.0138. The van der Waals surface area contributed by atoms with Crippen LogP contribution in [-0.4, -0.2) is 48.7 Å². The van der Waals surface area contributed by atoms with Gasteiger partial charge in [0.1, 0.15) is 5.82 Å². The minimum atomic E-state index is -4.70. The Morgan fingerprint density at radius 2 is 1.86 bits per heavy atom. The zero-order chi connectivity index (χ0) is 21.2.